The predicted molar refractivity (Wildman–Crippen MR) is 84.4 cm³/mol. The third-order valence-corrected chi connectivity index (χ3v) is 2.84. The molecule has 8 heteroatoms. The smallest absolute Gasteiger partial charge is 0.337 e. The maximum Gasteiger partial charge on any atom is 0.337 e. The highest BCUT2D eigenvalue weighted by molar-refractivity contribution is 5.74. The fraction of sp³-hybridized carbons (Fsp3) is 0.250. The molecular weight excluding hydrogens is 316 g/mol. The average Bonchev–Trinajstić information content (AvgIpc) is 2.63. The fourth-order valence-corrected chi connectivity index (χ4v) is 1.63. The van der Waals surface area contributed by atoms with Crippen molar-refractivity contribution >= 4 is 12.3 Å². The first-order valence-electron chi connectivity index (χ1n) is 6.76. The lowest BCUT2D eigenvalue weighted by Gasteiger charge is -2.10. The number of carboxylic acids is 1. The summed E-state index contributed by atoms with van der Waals surface area (Å²) in [6.45, 7) is 0. The van der Waals surface area contributed by atoms with Crippen LogP contribution in [-0.4, -0.2) is 48.7 Å². The van der Waals surface area contributed by atoms with Crippen LogP contribution in [0.25, 0.3) is 0 Å². The average molecular weight is 334 g/mol. The second-order valence-corrected chi connectivity index (χ2v) is 4.34. The van der Waals surface area contributed by atoms with Gasteiger partial charge < -0.3 is 19.3 Å². The van der Waals surface area contributed by atoms with Crippen LogP contribution >= 0.6 is 0 Å². The van der Waals surface area contributed by atoms with Crippen LogP contribution in [0, 0.1) is 0 Å². The van der Waals surface area contributed by atoms with Crippen molar-refractivity contribution in [3.8, 4) is 11.8 Å². The van der Waals surface area contributed by atoms with Crippen LogP contribution < -0.4 is 9.47 Å². The molecule has 1 unspecified atom stereocenters. The van der Waals surface area contributed by atoms with E-state index in [9.17, 15) is 9.59 Å². The minimum atomic E-state index is -1.04. The number of hydrogen-bond acceptors (Lipinski definition) is 7. The molecule has 0 aliphatic heterocycles. The SMILES string of the molecule is COc1ccc(C(OC)C(=O)O)cn1.COc1ccc(C=O)cn1. The van der Waals surface area contributed by atoms with Crippen LogP contribution in [0.3, 0.4) is 0 Å². The molecule has 0 aliphatic rings. The molecule has 128 valence electrons. The highest BCUT2D eigenvalue weighted by Gasteiger charge is 2.18. The maximum atomic E-state index is 10.7. The molecule has 0 radical (unpaired) electrons. The van der Waals surface area contributed by atoms with Gasteiger partial charge in [-0.05, 0) is 12.1 Å². The van der Waals surface area contributed by atoms with E-state index >= 15 is 0 Å². The molecule has 1 atom stereocenters. The highest BCUT2D eigenvalue weighted by Crippen LogP contribution is 2.17. The Labute approximate surface area is 139 Å². The van der Waals surface area contributed by atoms with E-state index in [0.29, 0.717) is 22.9 Å². The van der Waals surface area contributed by atoms with Crippen molar-refractivity contribution in [3.63, 3.8) is 0 Å². The van der Waals surface area contributed by atoms with Gasteiger partial charge >= 0.3 is 5.97 Å². The molecule has 0 saturated heterocycles. The van der Waals surface area contributed by atoms with Crippen LogP contribution in [0.4, 0.5) is 0 Å². The lowest BCUT2D eigenvalue weighted by Crippen LogP contribution is -2.13. The standard InChI is InChI=1S/C9H11NO4.C7H7NO2/c1-13-7-4-3-6(5-10-7)8(14-2)9(11)12;1-10-7-3-2-6(5-9)4-8-7/h3-5,8H,1-2H3,(H,11,12);2-5H,1H3. The number of carbonyl (C=O) groups is 2. The minimum Gasteiger partial charge on any atom is -0.481 e. The van der Waals surface area contributed by atoms with Gasteiger partial charge in [-0.15, -0.1) is 0 Å². The van der Waals surface area contributed by atoms with E-state index in [1.54, 1.807) is 24.3 Å². The van der Waals surface area contributed by atoms with Crippen molar-refractivity contribution < 1.29 is 28.9 Å². The van der Waals surface area contributed by atoms with Gasteiger partial charge in [0.15, 0.2) is 12.4 Å². The van der Waals surface area contributed by atoms with Crippen LogP contribution in [0.2, 0.25) is 0 Å². The second kappa shape index (κ2) is 9.90. The third-order valence-electron chi connectivity index (χ3n) is 2.84. The number of nitrogens with zero attached hydrogens (tertiary/aromatic N) is 2. The molecule has 0 amide bonds. The summed E-state index contributed by atoms with van der Waals surface area (Å²) in [6.07, 6.45) is 2.65. The van der Waals surface area contributed by atoms with E-state index in [1.807, 2.05) is 0 Å². The summed E-state index contributed by atoms with van der Waals surface area (Å²) in [4.78, 5) is 28.5. The van der Waals surface area contributed by atoms with E-state index in [0.717, 1.165) is 6.29 Å². The molecule has 0 fully saturated rings. The van der Waals surface area contributed by atoms with Crippen molar-refractivity contribution in [2.75, 3.05) is 21.3 Å². The van der Waals surface area contributed by atoms with Gasteiger partial charge in [-0.1, -0.05) is 0 Å². The minimum absolute atomic E-state index is 0.439. The van der Waals surface area contributed by atoms with Gasteiger partial charge in [-0.3, -0.25) is 4.79 Å². The molecule has 2 aromatic rings. The Morgan fingerprint density at radius 3 is 1.96 bits per heavy atom. The quantitative estimate of drug-likeness (QED) is 0.796. The number of rotatable bonds is 6. The van der Waals surface area contributed by atoms with Crippen molar-refractivity contribution in [2.45, 2.75) is 6.10 Å². The second-order valence-electron chi connectivity index (χ2n) is 4.34. The molecule has 0 spiro atoms. The molecule has 0 aliphatic carbocycles. The number of carboxylic acid groups (broad SMARTS) is 1. The molecule has 0 saturated carbocycles. The number of hydrogen-bond donors (Lipinski definition) is 1. The number of carbonyl (C=O) groups excluding carboxylic acids is 1. The highest BCUT2D eigenvalue weighted by atomic mass is 16.5. The summed E-state index contributed by atoms with van der Waals surface area (Å²) in [5, 5.41) is 8.77. The lowest BCUT2D eigenvalue weighted by molar-refractivity contribution is -0.148. The van der Waals surface area contributed by atoms with Crippen LogP contribution in [0.15, 0.2) is 36.7 Å². The molecule has 24 heavy (non-hydrogen) atoms. The monoisotopic (exact) mass is 334 g/mol. The number of methoxy groups -OCH3 is 3. The summed E-state index contributed by atoms with van der Waals surface area (Å²) in [7, 11) is 4.36. The molecular formula is C16H18N2O6. The first kappa shape index (κ1) is 19.0. The fourth-order valence-electron chi connectivity index (χ4n) is 1.63. The lowest BCUT2D eigenvalue weighted by atomic mass is 10.1. The van der Waals surface area contributed by atoms with Gasteiger partial charge in [0.2, 0.25) is 11.8 Å². The Hall–Kier alpha value is -3.00. The zero-order valence-corrected chi connectivity index (χ0v) is 13.5. The van der Waals surface area contributed by atoms with Gasteiger partial charge in [-0.2, -0.15) is 0 Å². The molecule has 0 aromatic carbocycles. The molecule has 2 rings (SSSR count). The van der Waals surface area contributed by atoms with Gasteiger partial charge in [0.1, 0.15) is 0 Å². The largest absolute Gasteiger partial charge is 0.481 e. The Morgan fingerprint density at radius 2 is 1.62 bits per heavy atom. The number of aldehydes is 1. The van der Waals surface area contributed by atoms with Crippen LogP contribution in [0.1, 0.15) is 22.0 Å². The van der Waals surface area contributed by atoms with E-state index < -0.39 is 12.1 Å². The topological polar surface area (TPSA) is 108 Å². The Morgan fingerprint density at radius 1 is 1.04 bits per heavy atom. The van der Waals surface area contributed by atoms with Gasteiger partial charge in [0.05, 0.1) is 14.2 Å². The van der Waals surface area contributed by atoms with E-state index in [4.69, 9.17) is 19.3 Å². The Bertz CT molecular complexity index is 643. The van der Waals surface area contributed by atoms with Crippen molar-refractivity contribution in [3.05, 3.63) is 47.8 Å². The van der Waals surface area contributed by atoms with Crippen molar-refractivity contribution in [2.24, 2.45) is 0 Å². The van der Waals surface area contributed by atoms with E-state index in [2.05, 4.69) is 9.97 Å². The van der Waals surface area contributed by atoms with Gasteiger partial charge in [-0.25, -0.2) is 14.8 Å². The molecule has 0 bridgehead atoms. The van der Waals surface area contributed by atoms with Gasteiger partial charge in [0.25, 0.3) is 0 Å². The molecule has 8 nitrogen and oxygen atoms in total. The van der Waals surface area contributed by atoms with E-state index in [-0.39, 0.29) is 0 Å². The molecule has 2 aromatic heterocycles. The van der Waals surface area contributed by atoms with Gasteiger partial charge in [0, 0.05) is 42.8 Å². The zero-order chi connectivity index (χ0) is 17.9. The molecule has 2 heterocycles. The van der Waals surface area contributed by atoms with Crippen LogP contribution in [0.5, 0.6) is 11.8 Å². The number of aromatic nitrogens is 2. The predicted octanol–water partition coefficient (Wildman–Crippen LogP) is 1.77. The van der Waals surface area contributed by atoms with E-state index in [1.165, 1.54) is 33.7 Å². The first-order chi connectivity index (χ1) is 11.5. The summed E-state index contributed by atoms with van der Waals surface area (Å²) >= 11 is 0. The normalized spacial score (nSPS) is 10.8. The Balaban J connectivity index is 0.000000254. The summed E-state index contributed by atoms with van der Waals surface area (Å²) < 4.78 is 14.4. The van der Waals surface area contributed by atoms with Crippen molar-refractivity contribution in [1.29, 1.82) is 0 Å². The number of aliphatic carboxylic acids is 1. The number of ether oxygens (including phenoxy) is 3. The van der Waals surface area contributed by atoms with Crippen LogP contribution in [-0.2, 0) is 9.53 Å². The third kappa shape index (κ3) is 5.65. The maximum absolute atomic E-state index is 10.7. The zero-order valence-electron chi connectivity index (χ0n) is 13.5. The Kier molecular flexibility index (Phi) is 7.86. The van der Waals surface area contributed by atoms with Crippen molar-refractivity contribution in [1.82, 2.24) is 9.97 Å². The first-order valence-corrected chi connectivity index (χ1v) is 6.76. The summed E-state index contributed by atoms with van der Waals surface area (Å²) in [5.41, 5.74) is 1.04. The molecule has 1 N–H and O–H groups in total. The summed E-state index contributed by atoms with van der Waals surface area (Å²) in [5.74, 6) is -0.0842. The number of pyridine rings is 2. The summed E-state index contributed by atoms with van der Waals surface area (Å²) in [6, 6.07) is 6.49.